The number of nitrogens with zero attached hydrogens (tertiary/aromatic N) is 1. The van der Waals surface area contributed by atoms with Crippen molar-refractivity contribution >= 4 is 27.5 Å². The number of non-ortho nitro benzene ring substituents is 1. The molecule has 0 radical (unpaired) electrons. The van der Waals surface area contributed by atoms with Crippen LogP contribution in [-0.2, 0) is 0 Å². The molecule has 0 unspecified atom stereocenters. The Morgan fingerprint density at radius 3 is 2.65 bits per heavy atom. The van der Waals surface area contributed by atoms with Crippen molar-refractivity contribution in [3.63, 3.8) is 0 Å². The minimum atomic E-state index is -0.488. The number of benzene rings is 1. The van der Waals surface area contributed by atoms with Gasteiger partial charge < -0.3 is 5.32 Å². The lowest BCUT2D eigenvalue weighted by Crippen LogP contribution is -2.39. The molecule has 0 heterocycles. The molecule has 6 heteroatoms. The molecule has 0 aromatic heterocycles. The first-order valence-electron chi connectivity index (χ1n) is 5.33. The Labute approximate surface area is 106 Å². The van der Waals surface area contributed by atoms with Crippen LogP contribution in [0.1, 0.15) is 29.6 Å². The van der Waals surface area contributed by atoms with Gasteiger partial charge in [-0.3, -0.25) is 14.9 Å². The number of amides is 1. The third-order valence-corrected chi connectivity index (χ3v) is 3.50. The van der Waals surface area contributed by atoms with Gasteiger partial charge in [-0.05, 0) is 41.3 Å². The third-order valence-electron chi connectivity index (χ3n) is 2.85. The molecule has 17 heavy (non-hydrogen) atoms. The van der Waals surface area contributed by atoms with Crippen LogP contribution in [0.15, 0.2) is 22.7 Å². The summed E-state index contributed by atoms with van der Waals surface area (Å²) in [6.45, 7) is 0. The fourth-order valence-corrected chi connectivity index (χ4v) is 2.16. The highest BCUT2D eigenvalue weighted by Crippen LogP contribution is 2.24. The lowest BCUT2D eigenvalue weighted by atomic mass is 9.93. The zero-order valence-corrected chi connectivity index (χ0v) is 10.6. The highest BCUT2D eigenvalue weighted by atomic mass is 79.9. The number of nitro groups is 1. The number of hydrogen-bond donors (Lipinski definition) is 1. The van der Waals surface area contributed by atoms with Crippen LogP contribution in [0, 0.1) is 10.1 Å². The predicted octanol–water partition coefficient (Wildman–Crippen LogP) is 2.64. The average molecular weight is 299 g/mol. The lowest BCUT2D eigenvalue weighted by molar-refractivity contribution is -0.384. The van der Waals surface area contributed by atoms with Crippen LogP contribution in [0.3, 0.4) is 0 Å². The topological polar surface area (TPSA) is 72.2 Å². The number of carbonyl (C=O) groups is 1. The smallest absolute Gasteiger partial charge is 0.270 e. The van der Waals surface area contributed by atoms with Crippen LogP contribution >= 0.6 is 15.9 Å². The van der Waals surface area contributed by atoms with E-state index in [0.29, 0.717) is 10.0 Å². The summed E-state index contributed by atoms with van der Waals surface area (Å²) in [6, 6.07) is 4.40. The molecule has 1 N–H and O–H groups in total. The molecule has 1 aliphatic rings. The average Bonchev–Trinajstić information content (AvgIpc) is 2.22. The summed E-state index contributed by atoms with van der Waals surface area (Å²) in [4.78, 5) is 21.9. The number of halogens is 1. The second-order valence-corrected chi connectivity index (χ2v) is 4.88. The van der Waals surface area contributed by atoms with Crippen molar-refractivity contribution in [2.75, 3.05) is 0 Å². The molecule has 2 rings (SSSR count). The highest BCUT2D eigenvalue weighted by molar-refractivity contribution is 9.10. The van der Waals surface area contributed by atoms with Crippen molar-refractivity contribution in [3.05, 3.63) is 38.3 Å². The first-order valence-corrected chi connectivity index (χ1v) is 6.12. The van der Waals surface area contributed by atoms with Gasteiger partial charge in [0.2, 0.25) is 0 Å². The molecule has 0 saturated heterocycles. The summed E-state index contributed by atoms with van der Waals surface area (Å²) < 4.78 is 0.448. The van der Waals surface area contributed by atoms with Crippen molar-refractivity contribution in [2.45, 2.75) is 25.3 Å². The number of nitrogens with one attached hydrogen (secondary N) is 1. The van der Waals surface area contributed by atoms with Crippen LogP contribution in [0.5, 0.6) is 0 Å². The monoisotopic (exact) mass is 298 g/mol. The molecule has 1 fully saturated rings. The van der Waals surface area contributed by atoms with E-state index in [9.17, 15) is 14.9 Å². The van der Waals surface area contributed by atoms with Gasteiger partial charge in [-0.1, -0.05) is 0 Å². The molecule has 1 saturated carbocycles. The molecule has 1 aromatic carbocycles. The Morgan fingerprint density at radius 1 is 1.47 bits per heavy atom. The quantitative estimate of drug-likeness (QED) is 0.689. The number of rotatable bonds is 3. The molecule has 5 nitrogen and oxygen atoms in total. The normalized spacial score (nSPS) is 15.1. The van der Waals surface area contributed by atoms with Crippen molar-refractivity contribution in [3.8, 4) is 0 Å². The van der Waals surface area contributed by atoms with Crippen LogP contribution in [0.4, 0.5) is 5.69 Å². The van der Waals surface area contributed by atoms with Gasteiger partial charge in [0.25, 0.3) is 11.6 Å². The van der Waals surface area contributed by atoms with Gasteiger partial charge >= 0.3 is 0 Å². The van der Waals surface area contributed by atoms with E-state index in [1.807, 2.05) is 0 Å². The predicted molar refractivity (Wildman–Crippen MR) is 65.9 cm³/mol. The maximum Gasteiger partial charge on any atom is 0.270 e. The van der Waals surface area contributed by atoms with Gasteiger partial charge in [-0.2, -0.15) is 0 Å². The summed E-state index contributed by atoms with van der Waals surface area (Å²) in [5, 5.41) is 13.4. The van der Waals surface area contributed by atoms with Gasteiger partial charge in [0, 0.05) is 22.6 Å². The van der Waals surface area contributed by atoms with Crippen LogP contribution in [0.2, 0.25) is 0 Å². The molecule has 0 spiro atoms. The summed E-state index contributed by atoms with van der Waals surface area (Å²) in [5.41, 5.74) is 0.402. The van der Waals surface area contributed by atoms with E-state index in [0.717, 1.165) is 19.3 Å². The van der Waals surface area contributed by atoms with Gasteiger partial charge in [0.05, 0.1) is 10.5 Å². The van der Waals surface area contributed by atoms with Gasteiger partial charge in [-0.25, -0.2) is 0 Å². The molecule has 0 bridgehead atoms. The minimum Gasteiger partial charge on any atom is -0.349 e. The van der Waals surface area contributed by atoms with Crippen LogP contribution in [-0.4, -0.2) is 16.9 Å². The fourth-order valence-electron chi connectivity index (χ4n) is 1.62. The van der Waals surface area contributed by atoms with Gasteiger partial charge in [0.15, 0.2) is 0 Å². The van der Waals surface area contributed by atoms with Crippen LogP contribution < -0.4 is 5.32 Å². The SMILES string of the molecule is O=C(NC1CCC1)c1ccc([N+](=O)[O-])cc1Br. The number of nitro benzene ring substituents is 1. The number of carbonyl (C=O) groups excluding carboxylic acids is 1. The van der Waals surface area contributed by atoms with Gasteiger partial charge in [-0.15, -0.1) is 0 Å². The molecule has 0 aliphatic heterocycles. The summed E-state index contributed by atoms with van der Waals surface area (Å²) in [6.07, 6.45) is 3.17. The summed E-state index contributed by atoms with van der Waals surface area (Å²) >= 11 is 3.18. The second-order valence-electron chi connectivity index (χ2n) is 4.02. The Kier molecular flexibility index (Phi) is 3.42. The Hall–Kier alpha value is -1.43. The summed E-state index contributed by atoms with van der Waals surface area (Å²) in [5.74, 6) is -0.184. The Bertz CT molecular complexity index is 472. The summed E-state index contributed by atoms with van der Waals surface area (Å²) in [7, 11) is 0. The molecular weight excluding hydrogens is 288 g/mol. The lowest BCUT2D eigenvalue weighted by Gasteiger charge is -2.26. The first kappa shape index (κ1) is 12.0. The molecule has 90 valence electrons. The maximum atomic E-state index is 11.8. The Balaban J connectivity index is 2.14. The zero-order valence-electron chi connectivity index (χ0n) is 8.98. The van der Waals surface area contributed by atoms with E-state index in [2.05, 4.69) is 21.2 Å². The van der Waals surface area contributed by atoms with E-state index in [4.69, 9.17) is 0 Å². The van der Waals surface area contributed by atoms with E-state index < -0.39 is 4.92 Å². The standard InChI is InChI=1S/C11H11BrN2O3/c12-10-6-8(14(16)17)4-5-9(10)11(15)13-7-2-1-3-7/h4-7H,1-3H2,(H,13,15). The van der Waals surface area contributed by atoms with Crippen molar-refractivity contribution in [2.24, 2.45) is 0 Å². The van der Waals surface area contributed by atoms with Crippen LogP contribution in [0.25, 0.3) is 0 Å². The largest absolute Gasteiger partial charge is 0.349 e. The van der Waals surface area contributed by atoms with Crippen molar-refractivity contribution in [1.82, 2.24) is 5.32 Å². The number of hydrogen-bond acceptors (Lipinski definition) is 3. The van der Waals surface area contributed by atoms with Gasteiger partial charge in [0.1, 0.15) is 0 Å². The highest BCUT2D eigenvalue weighted by Gasteiger charge is 2.21. The molecule has 1 aliphatic carbocycles. The van der Waals surface area contributed by atoms with Crippen molar-refractivity contribution in [1.29, 1.82) is 0 Å². The van der Waals surface area contributed by atoms with E-state index in [1.54, 1.807) is 0 Å². The first-order chi connectivity index (χ1) is 8.08. The molecule has 1 amide bonds. The maximum absolute atomic E-state index is 11.8. The molecule has 1 aromatic rings. The third kappa shape index (κ3) is 2.63. The fraction of sp³-hybridized carbons (Fsp3) is 0.364. The minimum absolute atomic E-state index is 0.0305. The molecular formula is C11H11BrN2O3. The van der Waals surface area contributed by atoms with Crippen molar-refractivity contribution < 1.29 is 9.72 Å². The Morgan fingerprint density at radius 2 is 2.18 bits per heavy atom. The second kappa shape index (κ2) is 4.83. The zero-order chi connectivity index (χ0) is 12.4. The van der Waals surface area contributed by atoms with E-state index in [1.165, 1.54) is 18.2 Å². The van der Waals surface area contributed by atoms with E-state index >= 15 is 0 Å². The van der Waals surface area contributed by atoms with E-state index in [-0.39, 0.29) is 17.6 Å². The molecule has 0 atom stereocenters.